The van der Waals surface area contributed by atoms with E-state index in [2.05, 4.69) is 24.1 Å². The third-order valence-electron chi connectivity index (χ3n) is 1.72. The number of rotatable bonds is 3. The molecule has 0 amide bonds. The third kappa shape index (κ3) is 7.59. The molecule has 3 N–H and O–H groups in total. The molecule has 0 atom stereocenters. The molecule has 18 heavy (non-hydrogen) atoms. The fourth-order valence-electron chi connectivity index (χ4n) is 0.865. The summed E-state index contributed by atoms with van der Waals surface area (Å²) in [5.74, 6) is -3.65. The van der Waals surface area contributed by atoms with E-state index in [-0.39, 0.29) is 0 Å². The van der Waals surface area contributed by atoms with Gasteiger partial charge in [-0.2, -0.15) is 0 Å². The molecule has 6 nitrogen and oxygen atoms in total. The number of aromatic nitrogens is 1. The van der Waals surface area contributed by atoms with Gasteiger partial charge in [0.05, 0.1) is 0 Å². The minimum Gasteiger partial charge on any atom is -0.473 e. The molecule has 7 heteroatoms. The number of carboxylic acid groups (broad SMARTS) is 2. The van der Waals surface area contributed by atoms with E-state index in [1.165, 1.54) is 0 Å². The molecule has 0 aliphatic heterocycles. The van der Waals surface area contributed by atoms with E-state index in [1.54, 1.807) is 6.20 Å². The molecule has 0 fully saturated rings. The van der Waals surface area contributed by atoms with Crippen LogP contribution in [0.3, 0.4) is 0 Å². The smallest absolute Gasteiger partial charge is 0.414 e. The molecular weight excluding hydrogens is 260 g/mol. The molecule has 1 aromatic rings. The molecular formula is C11H15ClN2O4. The Morgan fingerprint density at radius 2 is 1.94 bits per heavy atom. The summed E-state index contributed by atoms with van der Waals surface area (Å²) in [7, 11) is 0. The summed E-state index contributed by atoms with van der Waals surface area (Å²) in [5.41, 5.74) is 1.05. The van der Waals surface area contributed by atoms with Gasteiger partial charge in [0.1, 0.15) is 5.15 Å². The molecule has 1 heterocycles. The standard InChI is InChI=1S/C9H13ClN2.C2H2O4/c1-7(2)12-6-8-4-3-5-11-9(8)10;3-1(4)2(5)6/h3-5,7,12H,6H2,1-2H3;(H,3,4)(H,5,6). The number of carboxylic acids is 2. The van der Waals surface area contributed by atoms with Crippen LogP contribution in [0.15, 0.2) is 18.3 Å². The van der Waals surface area contributed by atoms with Crippen LogP contribution >= 0.6 is 11.6 Å². The fourth-order valence-corrected chi connectivity index (χ4v) is 1.05. The van der Waals surface area contributed by atoms with Gasteiger partial charge in [0.25, 0.3) is 0 Å². The molecule has 0 aliphatic rings. The molecule has 0 aromatic carbocycles. The predicted octanol–water partition coefficient (Wildman–Crippen LogP) is 1.39. The Bertz CT molecular complexity index is 398. The first-order valence-corrected chi connectivity index (χ1v) is 5.51. The highest BCUT2D eigenvalue weighted by Gasteiger charge is 2.04. The number of aliphatic carboxylic acids is 2. The first-order chi connectivity index (χ1) is 8.34. The first kappa shape index (κ1) is 16.3. The fraction of sp³-hybridized carbons (Fsp3) is 0.364. The minimum absolute atomic E-state index is 0.473. The van der Waals surface area contributed by atoms with Gasteiger partial charge in [-0.25, -0.2) is 14.6 Å². The SMILES string of the molecule is CC(C)NCc1cccnc1Cl.O=C(O)C(=O)O. The summed E-state index contributed by atoms with van der Waals surface area (Å²) >= 11 is 5.86. The summed E-state index contributed by atoms with van der Waals surface area (Å²) in [6.45, 7) is 4.99. The van der Waals surface area contributed by atoms with Crippen molar-refractivity contribution in [3.05, 3.63) is 29.0 Å². The van der Waals surface area contributed by atoms with Gasteiger partial charge in [-0.05, 0) is 6.07 Å². The van der Waals surface area contributed by atoms with Crippen LogP contribution in [0, 0.1) is 0 Å². The Morgan fingerprint density at radius 1 is 1.39 bits per heavy atom. The zero-order chi connectivity index (χ0) is 14.1. The van der Waals surface area contributed by atoms with Crippen molar-refractivity contribution < 1.29 is 19.8 Å². The quantitative estimate of drug-likeness (QED) is 0.569. The molecule has 0 saturated carbocycles. The van der Waals surface area contributed by atoms with Gasteiger partial charge in [0, 0.05) is 24.3 Å². The Hall–Kier alpha value is -1.66. The van der Waals surface area contributed by atoms with Gasteiger partial charge in [-0.1, -0.05) is 31.5 Å². The molecule has 0 spiro atoms. The third-order valence-corrected chi connectivity index (χ3v) is 2.06. The van der Waals surface area contributed by atoms with Gasteiger partial charge in [-0.15, -0.1) is 0 Å². The van der Waals surface area contributed by atoms with Crippen LogP contribution in [0.4, 0.5) is 0 Å². The lowest BCUT2D eigenvalue weighted by molar-refractivity contribution is -0.159. The lowest BCUT2D eigenvalue weighted by Crippen LogP contribution is -2.22. The van der Waals surface area contributed by atoms with Gasteiger partial charge < -0.3 is 15.5 Å². The summed E-state index contributed by atoms with van der Waals surface area (Å²) in [6.07, 6.45) is 1.70. The molecule has 0 aliphatic carbocycles. The summed E-state index contributed by atoms with van der Waals surface area (Å²) in [6, 6.07) is 4.34. The maximum Gasteiger partial charge on any atom is 0.414 e. The van der Waals surface area contributed by atoms with Crippen LogP contribution in [0.25, 0.3) is 0 Å². The van der Waals surface area contributed by atoms with Crippen molar-refractivity contribution in [2.75, 3.05) is 0 Å². The van der Waals surface area contributed by atoms with Crippen molar-refractivity contribution in [3.63, 3.8) is 0 Å². The van der Waals surface area contributed by atoms with Crippen molar-refractivity contribution in [1.29, 1.82) is 0 Å². The second-order valence-corrected chi connectivity index (χ2v) is 3.96. The van der Waals surface area contributed by atoms with Gasteiger partial charge >= 0.3 is 11.9 Å². The number of hydrogen-bond acceptors (Lipinski definition) is 4. The molecule has 1 rings (SSSR count). The Balaban J connectivity index is 0.000000411. The van der Waals surface area contributed by atoms with E-state index in [1.807, 2.05) is 12.1 Å². The van der Waals surface area contributed by atoms with Crippen molar-refractivity contribution in [3.8, 4) is 0 Å². The normalized spacial score (nSPS) is 9.56. The zero-order valence-electron chi connectivity index (χ0n) is 10.1. The number of nitrogens with one attached hydrogen (secondary N) is 1. The van der Waals surface area contributed by atoms with Crippen molar-refractivity contribution >= 4 is 23.5 Å². The number of halogens is 1. The van der Waals surface area contributed by atoms with Crippen LogP contribution in [-0.4, -0.2) is 33.2 Å². The molecule has 1 aromatic heterocycles. The van der Waals surface area contributed by atoms with Gasteiger partial charge in [-0.3, -0.25) is 0 Å². The van der Waals surface area contributed by atoms with Crippen LogP contribution in [-0.2, 0) is 16.1 Å². The van der Waals surface area contributed by atoms with E-state index in [4.69, 9.17) is 31.4 Å². The monoisotopic (exact) mass is 274 g/mol. The van der Waals surface area contributed by atoms with Crippen LogP contribution < -0.4 is 5.32 Å². The average Bonchev–Trinajstić information content (AvgIpc) is 2.28. The topological polar surface area (TPSA) is 99.5 Å². The first-order valence-electron chi connectivity index (χ1n) is 5.13. The highest BCUT2D eigenvalue weighted by atomic mass is 35.5. The van der Waals surface area contributed by atoms with Crippen LogP contribution in [0.2, 0.25) is 5.15 Å². The van der Waals surface area contributed by atoms with E-state index in [0.717, 1.165) is 12.1 Å². The number of carbonyl (C=O) groups is 2. The second kappa shape index (κ2) is 8.43. The molecule has 100 valence electrons. The highest BCUT2D eigenvalue weighted by molar-refractivity contribution is 6.30. The van der Waals surface area contributed by atoms with E-state index < -0.39 is 11.9 Å². The van der Waals surface area contributed by atoms with Crippen LogP contribution in [0.5, 0.6) is 0 Å². The Labute approximate surface area is 110 Å². The van der Waals surface area contributed by atoms with Crippen molar-refractivity contribution in [2.45, 2.75) is 26.4 Å². The molecule has 0 unspecified atom stereocenters. The zero-order valence-corrected chi connectivity index (χ0v) is 10.8. The van der Waals surface area contributed by atoms with Gasteiger partial charge in [0.2, 0.25) is 0 Å². The number of nitrogens with zero attached hydrogens (tertiary/aromatic N) is 1. The maximum atomic E-state index is 9.10. The molecule has 0 radical (unpaired) electrons. The minimum atomic E-state index is -1.82. The van der Waals surface area contributed by atoms with Crippen LogP contribution in [0.1, 0.15) is 19.4 Å². The predicted molar refractivity (Wildman–Crippen MR) is 66.5 cm³/mol. The van der Waals surface area contributed by atoms with E-state index in [9.17, 15) is 0 Å². The highest BCUT2D eigenvalue weighted by Crippen LogP contribution is 2.10. The lowest BCUT2D eigenvalue weighted by atomic mass is 10.2. The summed E-state index contributed by atoms with van der Waals surface area (Å²) in [5, 5.41) is 18.6. The van der Waals surface area contributed by atoms with E-state index >= 15 is 0 Å². The van der Waals surface area contributed by atoms with Gasteiger partial charge in [0.15, 0.2) is 0 Å². The number of hydrogen-bond donors (Lipinski definition) is 3. The Kier molecular flexibility index (Phi) is 7.66. The lowest BCUT2D eigenvalue weighted by Gasteiger charge is -2.08. The van der Waals surface area contributed by atoms with Crippen molar-refractivity contribution in [2.24, 2.45) is 0 Å². The summed E-state index contributed by atoms with van der Waals surface area (Å²) in [4.78, 5) is 22.2. The molecule has 0 saturated heterocycles. The van der Waals surface area contributed by atoms with Crippen molar-refractivity contribution in [1.82, 2.24) is 10.3 Å². The largest absolute Gasteiger partial charge is 0.473 e. The maximum absolute atomic E-state index is 9.10. The summed E-state index contributed by atoms with van der Waals surface area (Å²) < 4.78 is 0. The second-order valence-electron chi connectivity index (χ2n) is 3.60. The molecule has 0 bridgehead atoms. The Morgan fingerprint density at radius 3 is 2.33 bits per heavy atom. The van der Waals surface area contributed by atoms with E-state index in [0.29, 0.717) is 11.2 Å². The average molecular weight is 275 g/mol. The number of pyridine rings is 1.